The van der Waals surface area contributed by atoms with Crippen molar-refractivity contribution in [1.82, 2.24) is 4.98 Å². The van der Waals surface area contributed by atoms with E-state index in [0.717, 1.165) is 42.4 Å². The Balaban J connectivity index is 1.42. The molecule has 1 fully saturated rings. The van der Waals surface area contributed by atoms with E-state index in [1.165, 1.54) is 0 Å². The van der Waals surface area contributed by atoms with Crippen LogP contribution in [0.2, 0.25) is 0 Å². The summed E-state index contributed by atoms with van der Waals surface area (Å²) in [5.41, 5.74) is 1.96. The Morgan fingerprint density at radius 3 is 2.58 bits per heavy atom. The standard InChI is InChI=1S/C23H30N4O3S/c1-15-14-31-22(24-15)26-9-7-16(8-10-26)20(28)25-17-5-6-19-18(13-17)27(11-12-30-19)21(29)23(2,3)4/h5-6,13-14,16H,7-12H2,1-4H3,(H,25,28). The molecule has 0 unspecified atom stereocenters. The Morgan fingerprint density at radius 1 is 1.19 bits per heavy atom. The van der Waals surface area contributed by atoms with Crippen LogP contribution in [0.1, 0.15) is 39.3 Å². The lowest BCUT2D eigenvalue weighted by atomic mass is 9.94. The SMILES string of the molecule is Cc1csc(N2CCC(C(=O)Nc3ccc4c(c3)N(C(=O)C(C)(C)C)CCO4)CC2)n1. The summed E-state index contributed by atoms with van der Waals surface area (Å²) in [5.74, 6) is 0.719. The summed E-state index contributed by atoms with van der Waals surface area (Å²) in [6, 6.07) is 5.53. The van der Waals surface area contributed by atoms with E-state index in [0.29, 0.717) is 24.6 Å². The second kappa shape index (κ2) is 8.49. The minimum Gasteiger partial charge on any atom is -0.490 e. The quantitative estimate of drug-likeness (QED) is 0.775. The summed E-state index contributed by atoms with van der Waals surface area (Å²) in [5, 5.41) is 6.15. The Labute approximate surface area is 187 Å². The number of amides is 2. The van der Waals surface area contributed by atoms with Crippen molar-refractivity contribution >= 4 is 39.7 Å². The maximum Gasteiger partial charge on any atom is 0.232 e. The van der Waals surface area contributed by atoms with Crippen molar-refractivity contribution in [3.8, 4) is 5.75 Å². The Kier molecular flexibility index (Phi) is 5.92. The highest BCUT2D eigenvalue weighted by molar-refractivity contribution is 7.13. The molecule has 31 heavy (non-hydrogen) atoms. The second-order valence-corrected chi connectivity index (χ2v) is 10.1. The molecule has 4 rings (SSSR count). The summed E-state index contributed by atoms with van der Waals surface area (Å²) >= 11 is 1.66. The van der Waals surface area contributed by atoms with Gasteiger partial charge in [-0.2, -0.15) is 0 Å². The second-order valence-electron chi connectivity index (χ2n) is 9.26. The zero-order valence-corrected chi connectivity index (χ0v) is 19.4. The zero-order valence-electron chi connectivity index (χ0n) is 18.6. The van der Waals surface area contributed by atoms with E-state index in [9.17, 15) is 9.59 Å². The van der Waals surface area contributed by atoms with Crippen molar-refractivity contribution in [2.75, 3.05) is 41.4 Å². The molecule has 0 atom stereocenters. The predicted octanol–water partition coefficient (Wildman–Crippen LogP) is 4.08. The summed E-state index contributed by atoms with van der Waals surface area (Å²) in [4.78, 5) is 34.4. The van der Waals surface area contributed by atoms with Gasteiger partial charge in [-0.05, 0) is 38.0 Å². The van der Waals surface area contributed by atoms with Crippen molar-refractivity contribution in [3.05, 3.63) is 29.3 Å². The summed E-state index contributed by atoms with van der Waals surface area (Å²) in [7, 11) is 0. The lowest BCUT2D eigenvalue weighted by Crippen LogP contribution is -2.44. The summed E-state index contributed by atoms with van der Waals surface area (Å²) in [6.45, 7) is 10.4. The molecule has 7 nitrogen and oxygen atoms in total. The molecular formula is C23H30N4O3S. The number of anilines is 3. The predicted molar refractivity (Wildman–Crippen MR) is 124 cm³/mol. The maximum absolute atomic E-state index is 12.9. The number of hydrogen-bond donors (Lipinski definition) is 1. The number of ether oxygens (including phenoxy) is 1. The van der Waals surface area contributed by atoms with Crippen LogP contribution in [0.25, 0.3) is 0 Å². The molecule has 2 aromatic rings. The molecule has 3 heterocycles. The number of carbonyl (C=O) groups is 2. The maximum atomic E-state index is 12.9. The van der Waals surface area contributed by atoms with Crippen molar-refractivity contribution in [2.24, 2.45) is 11.3 Å². The lowest BCUT2D eigenvalue weighted by Gasteiger charge is -2.34. The van der Waals surface area contributed by atoms with Gasteiger partial charge < -0.3 is 19.9 Å². The van der Waals surface area contributed by atoms with Gasteiger partial charge in [0, 0.05) is 35.5 Å². The summed E-state index contributed by atoms with van der Waals surface area (Å²) in [6.07, 6.45) is 1.60. The van der Waals surface area contributed by atoms with Gasteiger partial charge in [0.1, 0.15) is 12.4 Å². The number of nitrogens with zero attached hydrogens (tertiary/aromatic N) is 3. The monoisotopic (exact) mass is 442 g/mol. The van der Waals surface area contributed by atoms with E-state index in [-0.39, 0.29) is 17.7 Å². The number of aromatic nitrogens is 1. The third kappa shape index (κ3) is 4.69. The van der Waals surface area contributed by atoms with Gasteiger partial charge in [0.15, 0.2) is 5.13 Å². The Hall–Kier alpha value is -2.61. The molecule has 1 aromatic carbocycles. The van der Waals surface area contributed by atoms with Gasteiger partial charge in [-0.15, -0.1) is 11.3 Å². The van der Waals surface area contributed by atoms with Crippen molar-refractivity contribution in [2.45, 2.75) is 40.5 Å². The van der Waals surface area contributed by atoms with E-state index >= 15 is 0 Å². The molecule has 1 saturated heterocycles. The number of thiazole rings is 1. The van der Waals surface area contributed by atoms with Gasteiger partial charge in [0.25, 0.3) is 0 Å². The van der Waals surface area contributed by atoms with E-state index in [1.807, 2.05) is 45.9 Å². The number of aryl methyl sites for hydroxylation is 1. The number of rotatable bonds is 3. The Morgan fingerprint density at radius 2 is 1.94 bits per heavy atom. The number of carbonyl (C=O) groups excluding carboxylic acids is 2. The first-order valence-electron chi connectivity index (χ1n) is 10.8. The molecule has 166 valence electrons. The molecule has 8 heteroatoms. The number of hydrogen-bond acceptors (Lipinski definition) is 6. The first-order chi connectivity index (χ1) is 14.7. The van der Waals surface area contributed by atoms with Gasteiger partial charge in [-0.3, -0.25) is 9.59 Å². The largest absolute Gasteiger partial charge is 0.490 e. The van der Waals surface area contributed by atoms with Crippen LogP contribution in [0.15, 0.2) is 23.6 Å². The number of piperidine rings is 1. The van der Waals surface area contributed by atoms with Crippen LogP contribution in [0.3, 0.4) is 0 Å². The molecule has 2 aliphatic heterocycles. The van der Waals surface area contributed by atoms with Crippen molar-refractivity contribution in [1.29, 1.82) is 0 Å². The highest BCUT2D eigenvalue weighted by atomic mass is 32.1. The van der Waals surface area contributed by atoms with Gasteiger partial charge in [0.05, 0.1) is 17.9 Å². The van der Waals surface area contributed by atoms with Crippen LogP contribution < -0.4 is 19.9 Å². The molecular weight excluding hydrogens is 412 g/mol. The minimum atomic E-state index is -0.488. The fourth-order valence-electron chi connectivity index (χ4n) is 3.98. The number of benzene rings is 1. The topological polar surface area (TPSA) is 74.8 Å². The first kappa shape index (κ1) is 21.6. The van der Waals surface area contributed by atoms with Crippen molar-refractivity contribution < 1.29 is 14.3 Å². The fraction of sp³-hybridized carbons (Fsp3) is 0.522. The van der Waals surface area contributed by atoms with E-state index in [4.69, 9.17) is 4.74 Å². The van der Waals surface area contributed by atoms with E-state index < -0.39 is 5.41 Å². The lowest BCUT2D eigenvalue weighted by molar-refractivity contribution is -0.126. The third-order valence-corrected chi connectivity index (χ3v) is 6.74. The van der Waals surface area contributed by atoms with E-state index in [1.54, 1.807) is 16.2 Å². The molecule has 0 bridgehead atoms. The van der Waals surface area contributed by atoms with Crippen LogP contribution >= 0.6 is 11.3 Å². The number of fused-ring (bicyclic) bond motifs is 1. The molecule has 0 aliphatic carbocycles. The highest BCUT2D eigenvalue weighted by Gasteiger charge is 2.32. The highest BCUT2D eigenvalue weighted by Crippen LogP contribution is 2.37. The fourth-order valence-corrected chi connectivity index (χ4v) is 4.83. The normalized spacial score (nSPS) is 17.2. The third-order valence-electron chi connectivity index (χ3n) is 5.72. The average molecular weight is 443 g/mol. The van der Waals surface area contributed by atoms with Crippen LogP contribution in [0.5, 0.6) is 5.75 Å². The smallest absolute Gasteiger partial charge is 0.232 e. The van der Waals surface area contributed by atoms with Gasteiger partial charge in [-0.25, -0.2) is 4.98 Å². The molecule has 2 aliphatic rings. The van der Waals surface area contributed by atoms with Gasteiger partial charge >= 0.3 is 0 Å². The van der Waals surface area contributed by atoms with Crippen molar-refractivity contribution in [3.63, 3.8) is 0 Å². The average Bonchev–Trinajstić information content (AvgIpc) is 3.18. The molecule has 0 spiro atoms. The molecule has 0 radical (unpaired) electrons. The molecule has 2 amide bonds. The van der Waals surface area contributed by atoms with Gasteiger partial charge in [0.2, 0.25) is 11.8 Å². The number of nitrogens with one attached hydrogen (secondary N) is 1. The van der Waals surface area contributed by atoms with E-state index in [2.05, 4.69) is 20.6 Å². The zero-order chi connectivity index (χ0) is 22.2. The minimum absolute atomic E-state index is 0.0281. The van der Waals surface area contributed by atoms with Crippen LogP contribution in [-0.2, 0) is 9.59 Å². The van der Waals surface area contributed by atoms with Crippen LogP contribution in [-0.4, -0.2) is 43.0 Å². The van der Waals surface area contributed by atoms with Crippen LogP contribution in [0.4, 0.5) is 16.5 Å². The molecule has 0 saturated carbocycles. The molecule has 1 N–H and O–H groups in total. The van der Waals surface area contributed by atoms with Crippen LogP contribution in [0, 0.1) is 18.3 Å². The Bertz CT molecular complexity index is 973. The first-order valence-corrected chi connectivity index (χ1v) is 11.7. The van der Waals surface area contributed by atoms with Gasteiger partial charge in [-0.1, -0.05) is 20.8 Å². The molecule has 1 aromatic heterocycles. The summed E-state index contributed by atoms with van der Waals surface area (Å²) < 4.78 is 5.73.